The van der Waals surface area contributed by atoms with Crippen LogP contribution in [0.5, 0.6) is 0 Å². The molecule has 1 atom stereocenters. The summed E-state index contributed by atoms with van der Waals surface area (Å²) in [4.78, 5) is 25.0. The fourth-order valence-electron chi connectivity index (χ4n) is 2.08. The minimum absolute atomic E-state index is 0.119. The number of rotatable bonds is 5. The summed E-state index contributed by atoms with van der Waals surface area (Å²) >= 11 is 1.29. The molecule has 2 amide bonds. The molecule has 1 unspecified atom stereocenters. The summed E-state index contributed by atoms with van der Waals surface area (Å²) < 4.78 is 1.87. The van der Waals surface area contributed by atoms with E-state index in [1.165, 1.54) is 16.7 Å². The molecule has 0 spiro atoms. The maximum atomic E-state index is 12.0. The van der Waals surface area contributed by atoms with Crippen LogP contribution in [0.4, 0.5) is 0 Å². The van der Waals surface area contributed by atoms with Gasteiger partial charge in [-0.2, -0.15) is 0 Å². The molecule has 0 aromatic carbocycles. The van der Waals surface area contributed by atoms with Gasteiger partial charge in [0.1, 0.15) is 11.1 Å². The molecular formula is C11H17N5O2S. The zero-order valence-corrected chi connectivity index (χ0v) is 11.8. The van der Waals surface area contributed by atoms with Crippen molar-refractivity contribution in [2.24, 2.45) is 5.73 Å². The number of hydrogen-bond acceptors (Lipinski definition) is 6. The second kappa shape index (κ2) is 5.70. The maximum absolute atomic E-state index is 12.0. The molecule has 1 fully saturated rings. The van der Waals surface area contributed by atoms with Crippen LogP contribution in [0, 0.1) is 0 Å². The normalized spacial score (nSPS) is 19.5. The summed E-state index contributed by atoms with van der Waals surface area (Å²) in [5, 5.41) is 8.28. The Kier molecular flexibility index (Phi) is 4.20. The van der Waals surface area contributed by atoms with Gasteiger partial charge in [0.05, 0.1) is 6.54 Å². The Hall–Kier alpha value is -1.41. The van der Waals surface area contributed by atoms with Gasteiger partial charge in [-0.05, 0) is 13.8 Å². The van der Waals surface area contributed by atoms with E-state index in [1.54, 1.807) is 6.92 Å². The molecule has 1 aromatic rings. The van der Waals surface area contributed by atoms with Crippen LogP contribution in [0.3, 0.4) is 0 Å². The van der Waals surface area contributed by atoms with E-state index in [0.29, 0.717) is 30.6 Å². The van der Waals surface area contributed by atoms with Crippen LogP contribution in [0.2, 0.25) is 0 Å². The average molecular weight is 283 g/mol. The number of nitrogens with two attached hydrogens (primary N) is 1. The van der Waals surface area contributed by atoms with Crippen molar-refractivity contribution in [3.8, 4) is 0 Å². The Morgan fingerprint density at radius 2 is 2.05 bits per heavy atom. The minimum atomic E-state index is -0.396. The molecule has 1 aliphatic heterocycles. The number of likely N-dealkylation sites (tertiary alicyclic amines) is 1. The summed E-state index contributed by atoms with van der Waals surface area (Å²) in [5.74, 6) is 0.429. The number of carbonyl (C=O) groups excluding carboxylic acids is 2. The zero-order chi connectivity index (χ0) is 14.0. The van der Waals surface area contributed by atoms with Gasteiger partial charge in [-0.15, -0.1) is 10.2 Å². The highest BCUT2D eigenvalue weighted by Gasteiger charge is 2.39. The van der Waals surface area contributed by atoms with Crippen molar-refractivity contribution in [3.63, 3.8) is 0 Å². The van der Waals surface area contributed by atoms with Crippen molar-refractivity contribution in [2.45, 2.75) is 43.8 Å². The smallest absolute Gasteiger partial charge is 0.243 e. The van der Waals surface area contributed by atoms with Crippen LogP contribution >= 0.6 is 11.8 Å². The topological polar surface area (TPSA) is 94.1 Å². The van der Waals surface area contributed by atoms with E-state index in [0.717, 1.165) is 0 Å². The number of aromatic nitrogens is 3. The lowest BCUT2D eigenvalue weighted by molar-refractivity contribution is -0.137. The first-order chi connectivity index (χ1) is 9.12. The summed E-state index contributed by atoms with van der Waals surface area (Å²) in [6.45, 7) is 5.17. The van der Waals surface area contributed by atoms with E-state index >= 15 is 0 Å². The quantitative estimate of drug-likeness (QED) is 0.764. The highest BCUT2D eigenvalue weighted by molar-refractivity contribution is 8.00. The average Bonchev–Trinajstić information content (AvgIpc) is 2.91. The van der Waals surface area contributed by atoms with E-state index < -0.39 is 5.25 Å². The Balaban J connectivity index is 2.16. The predicted octanol–water partition coefficient (Wildman–Crippen LogP) is -0.00380. The second-order valence-corrected chi connectivity index (χ2v) is 5.30. The first kappa shape index (κ1) is 14.0. The van der Waals surface area contributed by atoms with E-state index in [2.05, 4.69) is 10.2 Å². The molecule has 0 saturated carbocycles. The molecular weight excluding hydrogens is 266 g/mol. The molecule has 1 aliphatic rings. The van der Waals surface area contributed by atoms with Gasteiger partial charge >= 0.3 is 0 Å². The number of carbonyl (C=O) groups is 2. The first-order valence-electron chi connectivity index (χ1n) is 6.25. The molecule has 0 aliphatic carbocycles. The van der Waals surface area contributed by atoms with Crippen LogP contribution in [-0.2, 0) is 22.7 Å². The molecule has 2 N–H and O–H groups in total. The van der Waals surface area contributed by atoms with E-state index in [1.807, 2.05) is 11.5 Å². The van der Waals surface area contributed by atoms with Gasteiger partial charge in [0.2, 0.25) is 11.8 Å². The Bertz CT molecular complexity index is 501. The Labute approximate surface area is 115 Å². The monoisotopic (exact) mass is 283 g/mol. The summed E-state index contributed by atoms with van der Waals surface area (Å²) in [5.41, 5.74) is 5.58. The van der Waals surface area contributed by atoms with Crippen LogP contribution in [0.1, 0.15) is 26.1 Å². The lowest BCUT2D eigenvalue weighted by atomic mass is 10.4. The van der Waals surface area contributed by atoms with Gasteiger partial charge in [-0.1, -0.05) is 11.8 Å². The molecule has 1 aromatic heterocycles. The number of nitrogens with zero attached hydrogens (tertiary/aromatic N) is 4. The van der Waals surface area contributed by atoms with Gasteiger partial charge in [-0.3, -0.25) is 14.5 Å². The van der Waals surface area contributed by atoms with Gasteiger partial charge in [0.25, 0.3) is 0 Å². The second-order valence-electron chi connectivity index (χ2n) is 4.13. The van der Waals surface area contributed by atoms with E-state index in [4.69, 9.17) is 5.73 Å². The van der Waals surface area contributed by atoms with Crippen molar-refractivity contribution >= 4 is 23.6 Å². The van der Waals surface area contributed by atoms with E-state index in [-0.39, 0.29) is 18.2 Å². The summed E-state index contributed by atoms with van der Waals surface area (Å²) in [7, 11) is 0. The van der Waals surface area contributed by atoms with Gasteiger partial charge in [0, 0.05) is 19.5 Å². The van der Waals surface area contributed by atoms with Crippen molar-refractivity contribution in [2.75, 3.05) is 6.54 Å². The highest BCUT2D eigenvalue weighted by Crippen LogP contribution is 2.30. The zero-order valence-electron chi connectivity index (χ0n) is 11.0. The van der Waals surface area contributed by atoms with Crippen LogP contribution in [0.25, 0.3) is 0 Å². The maximum Gasteiger partial charge on any atom is 0.243 e. The third-order valence-corrected chi connectivity index (χ3v) is 4.22. The molecule has 7 nitrogen and oxygen atoms in total. The van der Waals surface area contributed by atoms with Crippen molar-refractivity contribution in [1.29, 1.82) is 0 Å². The molecule has 0 bridgehead atoms. The molecule has 1 saturated heterocycles. The number of amides is 2. The van der Waals surface area contributed by atoms with Crippen molar-refractivity contribution < 1.29 is 9.59 Å². The Morgan fingerprint density at radius 1 is 1.32 bits per heavy atom. The third kappa shape index (κ3) is 2.50. The van der Waals surface area contributed by atoms with Gasteiger partial charge in [0.15, 0.2) is 5.16 Å². The lowest BCUT2D eigenvalue weighted by Gasteiger charge is -2.11. The van der Waals surface area contributed by atoms with E-state index in [9.17, 15) is 9.59 Å². The molecule has 2 heterocycles. The van der Waals surface area contributed by atoms with Crippen molar-refractivity contribution in [3.05, 3.63) is 5.82 Å². The SMILES string of the molecule is CCN1C(=O)CC(Sc2nnc(CN)n2CC)C1=O. The standard InChI is InChI=1S/C11H17N5O2S/c1-3-15-8(6-12)13-14-11(15)19-7-5-9(17)16(4-2)10(7)18/h7H,3-6,12H2,1-2H3. The fourth-order valence-corrected chi connectivity index (χ4v) is 3.24. The van der Waals surface area contributed by atoms with Gasteiger partial charge < -0.3 is 10.3 Å². The number of imide groups is 1. The number of thioether (sulfide) groups is 1. The molecule has 104 valence electrons. The molecule has 8 heteroatoms. The third-order valence-electron chi connectivity index (χ3n) is 3.06. The first-order valence-corrected chi connectivity index (χ1v) is 7.13. The van der Waals surface area contributed by atoms with Crippen LogP contribution < -0.4 is 5.73 Å². The number of hydrogen-bond donors (Lipinski definition) is 1. The summed E-state index contributed by atoms with van der Waals surface area (Å²) in [6.07, 6.45) is 0.228. The van der Waals surface area contributed by atoms with Gasteiger partial charge in [-0.25, -0.2) is 0 Å². The lowest BCUT2D eigenvalue weighted by Crippen LogP contribution is -2.30. The fraction of sp³-hybridized carbons (Fsp3) is 0.636. The summed E-state index contributed by atoms with van der Waals surface area (Å²) in [6, 6.07) is 0. The minimum Gasteiger partial charge on any atom is -0.324 e. The largest absolute Gasteiger partial charge is 0.324 e. The molecule has 2 rings (SSSR count). The highest BCUT2D eigenvalue weighted by atomic mass is 32.2. The van der Waals surface area contributed by atoms with Crippen LogP contribution in [0.15, 0.2) is 5.16 Å². The van der Waals surface area contributed by atoms with Crippen molar-refractivity contribution in [1.82, 2.24) is 19.7 Å². The molecule has 19 heavy (non-hydrogen) atoms. The van der Waals surface area contributed by atoms with Crippen LogP contribution in [-0.4, -0.2) is 43.3 Å². The predicted molar refractivity (Wildman–Crippen MR) is 70.2 cm³/mol. The molecule has 0 radical (unpaired) electrons. The Morgan fingerprint density at radius 3 is 2.58 bits per heavy atom.